The lowest BCUT2D eigenvalue weighted by molar-refractivity contribution is -0.160. The zero-order chi connectivity index (χ0) is 33.9. The van der Waals surface area contributed by atoms with Crippen molar-refractivity contribution in [2.24, 2.45) is 0 Å². The fraction of sp³-hybridized carbons (Fsp3) is 0.323. The van der Waals surface area contributed by atoms with Gasteiger partial charge in [0.15, 0.2) is 5.84 Å². The van der Waals surface area contributed by atoms with Crippen LogP contribution in [0.3, 0.4) is 0 Å². The highest BCUT2D eigenvalue weighted by molar-refractivity contribution is 7.10. The van der Waals surface area contributed by atoms with Gasteiger partial charge >= 0.3 is 12.6 Å². The van der Waals surface area contributed by atoms with Crippen molar-refractivity contribution < 1.29 is 47.0 Å². The lowest BCUT2D eigenvalue weighted by Gasteiger charge is -2.26. The summed E-state index contributed by atoms with van der Waals surface area (Å²) in [5, 5.41) is 14.9. The predicted octanol–water partition coefficient (Wildman–Crippen LogP) is 3.38. The van der Waals surface area contributed by atoms with Crippen molar-refractivity contribution in [3.8, 4) is 11.5 Å². The number of hydroxylamine groups is 1. The van der Waals surface area contributed by atoms with E-state index >= 15 is 0 Å². The summed E-state index contributed by atoms with van der Waals surface area (Å²) in [5.41, 5.74) is 2.84. The normalized spacial score (nSPS) is 16.3. The molecule has 0 saturated carbocycles. The average molecular weight is 674 g/mol. The number of methoxy groups -OCH3 is 1. The van der Waals surface area contributed by atoms with E-state index in [1.165, 1.54) is 37.5 Å². The van der Waals surface area contributed by atoms with E-state index in [1.54, 1.807) is 35.7 Å². The van der Waals surface area contributed by atoms with Crippen LogP contribution in [-0.4, -0.2) is 80.0 Å². The first-order valence-electron chi connectivity index (χ1n) is 14.3. The van der Waals surface area contributed by atoms with Gasteiger partial charge < -0.3 is 34.6 Å². The fourth-order valence-electron chi connectivity index (χ4n) is 4.70. The topological polar surface area (TPSA) is 168 Å². The van der Waals surface area contributed by atoms with Gasteiger partial charge in [0.1, 0.15) is 17.5 Å². The van der Waals surface area contributed by atoms with E-state index in [4.69, 9.17) is 14.9 Å². The molecule has 0 radical (unpaired) electrons. The van der Waals surface area contributed by atoms with Crippen molar-refractivity contribution in [3.63, 3.8) is 0 Å². The number of nitrogens with one attached hydrogen (secondary N) is 4. The summed E-state index contributed by atoms with van der Waals surface area (Å²) < 4.78 is 41.8. The van der Waals surface area contributed by atoms with Crippen LogP contribution < -0.4 is 20.9 Å². The summed E-state index contributed by atoms with van der Waals surface area (Å²) in [5.74, 6) is -1.59. The van der Waals surface area contributed by atoms with E-state index in [0.717, 1.165) is 4.90 Å². The molecule has 4 N–H and O–H groups in total. The SMILES string of the molecule is COCC(NC(=O)[C@@H]1C[C@@H](OC(F)F)CN1C(=O)CNC(=O)c1ccc(Oc2ccccc2)cc1)c1cc(C(=N)NOC(C)=O)cs1. The number of carbonyl (C=O) groups excluding carboxylic acids is 4. The van der Waals surface area contributed by atoms with Gasteiger partial charge in [0, 0.05) is 48.4 Å². The molecule has 13 nitrogen and oxygen atoms in total. The van der Waals surface area contributed by atoms with Crippen molar-refractivity contribution in [1.82, 2.24) is 21.0 Å². The van der Waals surface area contributed by atoms with Crippen LogP contribution in [0.5, 0.6) is 11.5 Å². The number of thiophene rings is 1. The standard InChI is InChI=1S/C31H33F2N5O8S/c1-18(39)46-37-28(34)20-12-26(47-17-20)24(16-43-2)36-30(42)25-13-23(45-31(32)33)15-38(25)27(40)14-35-29(41)19-8-10-22(11-9-19)44-21-6-4-3-5-7-21/h3-12,17,23-25,31H,13-16H2,1-2H3,(H2,34,37)(H,35,41)(H,36,42)/t23-,24?,25+/m1/s1. The van der Waals surface area contributed by atoms with E-state index < -0.39 is 55.0 Å². The molecular weight excluding hydrogens is 640 g/mol. The average Bonchev–Trinajstić information content (AvgIpc) is 3.71. The van der Waals surface area contributed by atoms with E-state index in [9.17, 15) is 28.0 Å². The number of halogens is 2. The molecule has 250 valence electrons. The summed E-state index contributed by atoms with van der Waals surface area (Å²) >= 11 is 1.20. The molecule has 3 atom stereocenters. The first-order chi connectivity index (χ1) is 22.5. The number of rotatable bonds is 13. The monoisotopic (exact) mass is 673 g/mol. The summed E-state index contributed by atoms with van der Waals surface area (Å²) in [6.07, 6.45) is -1.32. The number of likely N-dealkylation sites (tertiary alicyclic amines) is 1. The third kappa shape index (κ3) is 10.0. The molecule has 0 aliphatic carbocycles. The lowest BCUT2D eigenvalue weighted by atomic mass is 10.1. The number of hydrogen-bond donors (Lipinski definition) is 4. The molecule has 1 unspecified atom stereocenters. The molecule has 47 heavy (non-hydrogen) atoms. The van der Waals surface area contributed by atoms with Gasteiger partial charge in [0.05, 0.1) is 25.3 Å². The molecule has 1 aliphatic rings. The van der Waals surface area contributed by atoms with Gasteiger partial charge in [-0.05, 0) is 42.5 Å². The van der Waals surface area contributed by atoms with Gasteiger partial charge in [-0.3, -0.25) is 24.6 Å². The quantitative estimate of drug-likeness (QED) is 0.121. The lowest BCUT2D eigenvalue weighted by Crippen LogP contribution is -2.50. The third-order valence-electron chi connectivity index (χ3n) is 6.88. The molecule has 1 aliphatic heterocycles. The van der Waals surface area contributed by atoms with Crippen LogP contribution in [0.25, 0.3) is 0 Å². The first kappa shape index (κ1) is 34.9. The Hall–Kier alpha value is -4.93. The molecule has 4 rings (SSSR count). The van der Waals surface area contributed by atoms with Gasteiger partial charge in [-0.15, -0.1) is 11.3 Å². The van der Waals surface area contributed by atoms with Crippen molar-refractivity contribution in [3.05, 3.63) is 82.0 Å². The van der Waals surface area contributed by atoms with Gasteiger partial charge in [0.25, 0.3) is 5.91 Å². The highest BCUT2D eigenvalue weighted by Gasteiger charge is 2.41. The fourth-order valence-corrected chi connectivity index (χ4v) is 5.64. The maximum absolute atomic E-state index is 13.5. The second kappa shape index (κ2) is 16.6. The van der Waals surface area contributed by atoms with E-state index in [1.807, 2.05) is 18.2 Å². The number of para-hydroxylation sites is 1. The van der Waals surface area contributed by atoms with Gasteiger partial charge in [-0.2, -0.15) is 8.78 Å². The number of carbonyl (C=O) groups is 4. The van der Waals surface area contributed by atoms with Gasteiger partial charge in [-0.25, -0.2) is 5.48 Å². The Morgan fingerprint density at radius 1 is 1.04 bits per heavy atom. The number of alkyl halides is 2. The Labute approximate surface area is 272 Å². The maximum Gasteiger partial charge on any atom is 0.345 e. The minimum absolute atomic E-state index is 0.0132. The molecular formula is C31H33F2N5O8S. The van der Waals surface area contributed by atoms with Crippen LogP contribution in [0.4, 0.5) is 8.78 Å². The zero-order valence-electron chi connectivity index (χ0n) is 25.4. The van der Waals surface area contributed by atoms with Gasteiger partial charge in [0.2, 0.25) is 11.8 Å². The van der Waals surface area contributed by atoms with Crippen molar-refractivity contribution in [2.45, 2.75) is 38.1 Å². The zero-order valence-corrected chi connectivity index (χ0v) is 26.2. The maximum atomic E-state index is 13.5. The minimum Gasteiger partial charge on any atom is -0.457 e. The number of amides is 3. The number of hydrogen-bond acceptors (Lipinski definition) is 10. The Balaban J connectivity index is 1.39. The molecule has 1 saturated heterocycles. The molecule has 3 aromatic rings. The molecule has 0 bridgehead atoms. The van der Waals surface area contributed by atoms with E-state index in [2.05, 4.69) is 25.7 Å². The minimum atomic E-state index is -3.12. The van der Waals surface area contributed by atoms with Crippen LogP contribution in [0.15, 0.2) is 66.0 Å². The molecule has 1 fully saturated rings. The van der Waals surface area contributed by atoms with E-state index in [0.29, 0.717) is 21.9 Å². The third-order valence-corrected chi connectivity index (χ3v) is 7.92. The Bertz CT molecular complexity index is 1560. The van der Waals surface area contributed by atoms with Crippen LogP contribution in [0.2, 0.25) is 0 Å². The number of amidine groups is 1. The molecule has 1 aromatic heterocycles. The summed E-state index contributed by atoms with van der Waals surface area (Å²) in [6, 6.07) is 15.0. The largest absolute Gasteiger partial charge is 0.457 e. The van der Waals surface area contributed by atoms with Crippen molar-refractivity contribution in [2.75, 3.05) is 26.8 Å². The number of benzene rings is 2. The molecule has 16 heteroatoms. The number of nitrogens with zero attached hydrogens (tertiary/aromatic N) is 1. The van der Waals surface area contributed by atoms with Gasteiger partial charge in [-0.1, -0.05) is 18.2 Å². The van der Waals surface area contributed by atoms with Crippen LogP contribution >= 0.6 is 11.3 Å². The predicted molar refractivity (Wildman–Crippen MR) is 165 cm³/mol. The highest BCUT2D eigenvalue weighted by Crippen LogP contribution is 2.27. The smallest absolute Gasteiger partial charge is 0.345 e. The second-order valence-electron chi connectivity index (χ2n) is 10.3. The second-order valence-corrected chi connectivity index (χ2v) is 11.2. The van der Waals surface area contributed by atoms with Crippen molar-refractivity contribution in [1.29, 1.82) is 5.41 Å². The van der Waals surface area contributed by atoms with Crippen LogP contribution in [-0.2, 0) is 28.7 Å². The first-order valence-corrected chi connectivity index (χ1v) is 15.2. The summed E-state index contributed by atoms with van der Waals surface area (Å²) in [7, 11) is 1.42. The molecule has 3 amide bonds. The molecule has 2 heterocycles. The summed E-state index contributed by atoms with van der Waals surface area (Å²) in [6.45, 7) is -2.72. The van der Waals surface area contributed by atoms with Crippen LogP contribution in [0, 0.1) is 5.41 Å². The summed E-state index contributed by atoms with van der Waals surface area (Å²) in [4.78, 5) is 56.8. The van der Waals surface area contributed by atoms with Crippen molar-refractivity contribution >= 4 is 40.9 Å². The highest BCUT2D eigenvalue weighted by atomic mass is 32.1. The molecule has 2 aromatic carbocycles. The number of ether oxygens (including phenoxy) is 3. The Morgan fingerprint density at radius 2 is 1.74 bits per heavy atom. The Kier molecular flexibility index (Phi) is 12.3. The van der Waals surface area contributed by atoms with E-state index in [-0.39, 0.29) is 31.0 Å². The molecule has 0 spiro atoms. The Morgan fingerprint density at radius 3 is 2.40 bits per heavy atom. The van der Waals surface area contributed by atoms with Crippen LogP contribution in [0.1, 0.15) is 40.2 Å².